The molecule has 0 saturated carbocycles. The molecule has 0 unspecified atom stereocenters. The van der Waals surface area contributed by atoms with Crippen molar-refractivity contribution in [3.8, 4) is 28.6 Å². The predicted molar refractivity (Wildman–Crippen MR) is 166 cm³/mol. The highest BCUT2D eigenvalue weighted by atomic mass is 16.3. The first-order valence-electron chi connectivity index (χ1n) is 14.5. The van der Waals surface area contributed by atoms with E-state index in [2.05, 4.69) is 65.0 Å². The van der Waals surface area contributed by atoms with E-state index in [-0.39, 0.29) is 11.2 Å². The number of hydrogen-bond donors (Lipinski definition) is 1. The molecule has 5 nitrogen and oxygen atoms in total. The summed E-state index contributed by atoms with van der Waals surface area (Å²) in [5.74, 6) is 0.194. The Morgan fingerprint density at radius 1 is 0.780 bits per heavy atom. The predicted octanol–water partition coefficient (Wildman–Crippen LogP) is 8.85. The minimum Gasteiger partial charge on any atom is -0.505 e. The third-order valence-electron chi connectivity index (χ3n) is 8.39. The van der Waals surface area contributed by atoms with Crippen LogP contribution < -0.4 is 0 Å². The van der Waals surface area contributed by atoms with Crippen molar-refractivity contribution in [2.75, 3.05) is 0 Å². The highest BCUT2D eigenvalue weighted by Gasteiger charge is 2.32. The second-order valence-corrected chi connectivity index (χ2v) is 12.1. The van der Waals surface area contributed by atoms with Crippen molar-refractivity contribution in [2.24, 2.45) is 0 Å². The van der Waals surface area contributed by atoms with Crippen LogP contribution in [0.3, 0.4) is 0 Å². The number of phenolic OH excluding ortho intramolecular Hbond substituents is 1. The maximum Gasteiger partial charge on any atom is 0.147 e. The Hall–Kier alpha value is -4.43. The molecule has 0 saturated heterocycles. The monoisotopic (exact) mass is 542 g/mol. The molecule has 1 aromatic heterocycles. The number of unbranched alkanes of at least 4 members (excludes halogenated alkanes) is 2. The van der Waals surface area contributed by atoms with Gasteiger partial charge in [0.25, 0.3) is 0 Å². The third-order valence-corrected chi connectivity index (χ3v) is 8.39. The number of phenols is 1. The summed E-state index contributed by atoms with van der Waals surface area (Å²) in [4.78, 5) is 1.58. The third kappa shape index (κ3) is 5.60. The molecule has 0 amide bonds. The van der Waals surface area contributed by atoms with E-state index in [9.17, 15) is 5.11 Å². The van der Waals surface area contributed by atoms with Gasteiger partial charge in [0.1, 0.15) is 22.5 Å². The maximum absolute atomic E-state index is 11.8. The molecule has 5 aromatic rings. The number of rotatable bonds is 9. The normalized spacial score (nSPS) is 12.0. The molecule has 0 bridgehead atoms. The van der Waals surface area contributed by atoms with Gasteiger partial charge in [0.15, 0.2) is 0 Å². The number of hydrogen-bond acceptors (Lipinski definition) is 4. The van der Waals surface area contributed by atoms with Gasteiger partial charge in [-0.25, -0.2) is 0 Å². The lowest BCUT2D eigenvalue weighted by molar-refractivity contribution is 0.433. The van der Waals surface area contributed by atoms with Crippen LogP contribution in [0, 0.1) is 11.3 Å². The fraction of sp³-hybridized carbons (Fsp3) is 0.306. The van der Waals surface area contributed by atoms with Crippen LogP contribution in [0.25, 0.3) is 27.8 Å². The van der Waals surface area contributed by atoms with E-state index in [0.717, 1.165) is 46.1 Å². The standard InChI is InChI=1S/C36H38N4O/c1-6-7-11-20-35(2,3)29-22-30(36(4,5)28-12-9-8-10-13-28)34(41)33(23-29)40-38-31-19-18-27(21-32(31)39-40)26-16-14-25(24-37)15-17-26/h8-10,12-19,21-23,41H,6-7,11,20H2,1-5H3. The average molecular weight is 543 g/mol. The van der Waals surface area contributed by atoms with E-state index < -0.39 is 5.41 Å². The molecule has 5 rings (SSSR count). The van der Waals surface area contributed by atoms with Crippen LogP contribution in [0.1, 0.15) is 82.6 Å². The lowest BCUT2D eigenvalue weighted by Gasteiger charge is -2.32. The molecule has 0 atom stereocenters. The topological polar surface area (TPSA) is 74.7 Å². The van der Waals surface area contributed by atoms with Crippen molar-refractivity contribution < 1.29 is 5.11 Å². The maximum atomic E-state index is 11.8. The summed E-state index contributed by atoms with van der Waals surface area (Å²) >= 11 is 0. The Kier molecular flexibility index (Phi) is 7.69. The Morgan fingerprint density at radius 3 is 2.15 bits per heavy atom. The molecular formula is C36H38N4O. The van der Waals surface area contributed by atoms with Gasteiger partial charge in [-0.3, -0.25) is 0 Å². The fourth-order valence-corrected chi connectivity index (χ4v) is 5.55. The molecule has 0 aliphatic carbocycles. The molecule has 41 heavy (non-hydrogen) atoms. The Bertz CT molecular complexity index is 1710. The van der Waals surface area contributed by atoms with E-state index in [0.29, 0.717) is 11.3 Å². The van der Waals surface area contributed by atoms with Crippen LogP contribution in [0.2, 0.25) is 0 Å². The molecule has 0 spiro atoms. The minimum atomic E-state index is -0.440. The lowest BCUT2D eigenvalue weighted by Crippen LogP contribution is -2.23. The second kappa shape index (κ2) is 11.2. The zero-order chi connectivity index (χ0) is 29.2. The van der Waals surface area contributed by atoms with Gasteiger partial charge in [0, 0.05) is 11.0 Å². The van der Waals surface area contributed by atoms with Crippen molar-refractivity contribution in [1.82, 2.24) is 15.0 Å². The van der Waals surface area contributed by atoms with E-state index in [1.807, 2.05) is 60.7 Å². The average Bonchev–Trinajstić information content (AvgIpc) is 3.41. The molecule has 1 heterocycles. The quantitative estimate of drug-likeness (QED) is 0.189. The summed E-state index contributed by atoms with van der Waals surface area (Å²) < 4.78 is 0. The number of aromatic hydroxyl groups is 1. The van der Waals surface area contributed by atoms with Crippen molar-refractivity contribution in [3.05, 3.63) is 107 Å². The SMILES string of the molecule is CCCCCC(C)(C)c1cc(-n2nc3ccc(-c4ccc(C#N)cc4)cc3n2)c(O)c(C(C)(C)c2ccccc2)c1. The number of fused-ring (bicyclic) bond motifs is 1. The zero-order valence-corrected chi connectivity index (χ0v) is 24.6. The van der Waals surface area contributed by atoms with Crippen LogP contribution in [0.5, 0.6) is 5.75 Å². The van der Waals surface area contributed by atoms with Gasteiger partial charge >= 0.3 is 0 Å². The van der Waals surface area contributed by atoms with Crippen LogP contribution in [0.4, 0.5) is 0 Å². The van der Waals surface area contributed by atoms with Gasteiger partial charge in [-0.1, -0.05) is 108 Å². The molecule has 0 aliphatic heterocycles. The van der Waals surface area contributed by atoms with Gasteiger partial charge < -0.3 is 5.11 Å². The second-order valence-electron chi connectivity index (χ2n) is 12.1. The van der Waals surface area contributed by atoms with Gasteiger partial charge in [-0.15, -0.1) is 15.0 Å². The molecule has 1 N–H and O–H groups in total. The molecule has 208 valence electrons. The highest BCUT2D eigenvalue weighted by Crippen LogP contribution is 2.43. The molecule has 4 aromatic carbocycles. The Labute approximate surface area is 243 Å². The largest absolute Gasteiger partial charge is 0.505 e. The van der Waals surface area contributed by atoms with Crippen molar-refractivity contribution in [2.45, 2.75) is 71.1 Å². The smallest absolute Gasteiger partial charge is 0.147 e. The van der Waals surface area contributed by atoms with Crippen LogP contribution >= 0.6 is 0 Å². The summed E-state index contributed by atoms with van der Waals surface area (Å²) in [5.41, 5.74) is 7.33. The molecule has 0 radical (unpaired) electrons. The van der Waals surface area contributed by atoms with E-state index in [1.165, 1.54) is 18.4 Å². The molecule has 5 heteroatoms. The minimum absolute atomic E-state index is 0.0888. The highest BCUT2D eigenvalue weighted by molar-refractivity contribution is 5.81. The number of aromatic nitrogens is 3. The van der Waals surface area contributed by atoms with E-state index >= 15 is 0 Å². The van der Waals surface area contributed by atoms with Crippen molar-refractivity contribution >= 4 is 11.0 Å². The summed E-state index contributed by atoms with van der Waals surface area (Å²) in [6.45, 7) is 11.1. The fourth-order valence-electron chi connectivity index (χ4n) is 5.55. The van der Waals surface area contributed by atoms with Gasteiger partial charge in [0.2, 0.25) is 0 Å². The summed E-state index contributed by atoms with van der Waals surface area (Å²) in [6.07, 6.45) is 4.58. The first-order valence-corrected chi connectivity index (χ1v) is 14.5. The number of nitrogens with zero attached hydrogens (tertiary/aromatic N) is 4. The lowest BCUT2D eigenvalue weighted by atomic mass is 9.73. The number of benzene rings is 4. The Balaban J connectivity index is 1.64. The summed E-state index contributed by atoms with van der Waals surface area (Å²) in [5, 5.41) is 30.6. The van der Waals surface area contributed by atoms with Crippen molar-refractivity contribution in [1.29, 1.82) is 5.26 Å². The van der Waals surface area contributed by atoms with Gasteiger partial charge in [0.05, 0.1) is 11.6 Å². The van der Waals surface area contributed by atoms with E-state index in [4.69, 9.17) is 15.5 Å². The van der Waals surface area contributed by atoms with Crippen LogP contribution in [-0.4, -0.2) is 20.1 Å². The van der Waals surface area contributed by atoms with E-state index in [1.54, 1.807) is 4.80 Å². The molecular weight excluding hydrogens is 504 g/mol. The number of nitriles is 1. The molecule has 0 fully saturated rings. The summed E-state index contributed by atoms with van der Waals surface area (Å²) in [6, 6.07) is 30.2. The summed E-state index contributed by atoms with van der Waals surface area (Å²) in [7, 11) is 0. The zero-order valence-electron chi connectivity index (χ0n) is 24.6. The molecule has 0 aliphatic rings. The van der Waals surface area contributed by atoms with Gasteiger partial charge in [-0.05, 0) is 64.4 Å². The first kappa shape index (κ1) is 28.1. The Morgan fingerprint density at radius 2 is 1.46 bits per heavy atom. The van der Waals surface area contributed by atoms with Gasteiger partial charge in [-0.2, -0.15) is 5.26 Å². The first-order chi connectivity index (χ1) is 19.6. The van der Waals surface area contributed by atoms with Crippen LogP contribution in [0.15, 0.2) is 84.9 Å². The van der Waals surface area contributed by atoms with Crippen molar-refractivity contribution in [3.63, 3.8) is 0 Å². The van der Waals surface area contributed by atoms with Crippen LogP contribution in [-0.2, 0) is 10.8 Å².